The number of amides is 1. The summed E-state index contributed by atoms with van der Waals surface area (Å²) in [7, 11) is 0. The molecule has 4 nitrogen and oxygen atoms in total. The summed E-state index contributed by atoms with van der Waals surface area (Å²) in [5, 5.41) is 3.86. The third kappa shape index (κ3) is 2.92. The van der Waals surface area contributed by atoms with Gasteiger partial charge in [0.1, 0.15) is 10.3 Å². The van der Waals surface area contributed by atoms with Gasteiger partial charge in [0, 0.05) is 11.1 Å². The summed E-state index contributed by atoms with van der Waals surface area (Å²) in [4.78, 5) is 20.9. The van der Waals surface area contributed by atoms with Crippen LogP contribution in [0.3, 0.4) is 0 Å². The van der Waals surface area contributed by atoms with Crippen molar-refractivity contribution in [3.63, 3.8) is 0 Å². The van der Waals surface area contributed by atoms with Gasteiger partial charge < -0.3 is 5.32 Å². The number of aryl methyl sites for hydroxylation is 1. The Morgan fingerprint density at radius 1 is 1.05 bits per heavy atom. The van der Waals surface area contributed by atoms with E-state index in [1.165, 1.54) is 0 Å². The fraction of sp³-hybridized carbons (Fsp3) is 0.0625. The van der Waals surface area contributed by atoms with E-state index in [1.807, 2.05) is 37.3 Å². The molecule has 0 aliphatic carbocycles. The van der Waals surface area contributed by atoms with E-state index in [0.717, 1.165) is 16.6 Å². The predicted octanol–water partition coefficient (Wildman–Crippen LogP) is 3.95. The quantitative estimate of drug-likeness (QED) is 0.718. The van der Waals surface area contributed by atoms with Crippen molar-refractivity contribution in [2.24, 2.45) is 0 Å². The first-order valence-electron chi connectivity index (χ1n) is 6.44. The van der Waals surface area contributed by atoms with Gasteiger partial charge in [-0.25, -0.2) is 4.98 Å². The smallest absolute Gasteiger partial charge is 0.274 e. The van der Waals surface area contributed by atoms with Crippen molar-refractivity contribution < 1.29 is 4.79 Å². The second-order valence-electron chi connectivity index (χ2n) is 4.63. The molecule has 0 fully saturated rings. The van der Waals surface area contributed by atoms with Crippen LogP contribution in [0.1, 0.15) is 16.2 Å². The monoisotopic (exact) mass is 341 g/mol. The van der Waals surface area contributed by atoms with Crippen LogP contribution in [-0.4, -0.2) is 15.9 Å². The normalized spacial score (nSPS) is 10.6. The molecule has 0 aliphatic heterocycles. The lowest BCUT2D eigenvalue weighted by Gasteiger charge is -2.08. The SMILES string of the molecule is Cc1ccc2cccc(NC(=O)c3cccc(Br)n3)c2n1. The molecular formula is C16H12BrN3O. The molecule has 2 heterocycles. The maximum atomic E-state index is 12.3. The summed E-state index contributed by atoms with van der Waals surface area (Å²) in [6, 6.07) is 14.9. The van der Waals surface area contributed by atoms with Gasteiger partial charge in [-0.2, -0.15) is 0 Å². The molecule has 1 aromatic carbocycles. The van der Waals surface area contributed by atoms with Crippen LogP contribution in [0, 0.1) is 6.92 Å². The molecule has 0 atom stereocenters. The molecular weight excluding hydrogens is 330 g/mol. The van der Waals surface area contributed by atoms with Crippen molar-refractivity contribution in [3.05, 3.63) is 64.5 Å². The molecule has 0 unspecified atom stereocenters. The lowest BCUT2D eigenvalue weighted by molar-refractivity contribution is 0.102. The number of halogens is 1. The van der Waals surface area contributed by atoms with Gasteiger partial charge in [0.15, 0.2) is 0 Å². The number of rotatable bonds is 2. The molecule has 3 aromatic rings. The van der Waals surface area contributed by atoms with Crippen LogP contribution >= 0.6 is 15.9 Å². The van der Waals surface area contributed by atoms with Gasteiger partial charge >= 0.3 is 0 Å². The summed E-state index contributed by atoms with van der Waals surface area (Å²) in [5.74, 6) is -0.257. The van der Waals surface area contributed by atoms with Gasteiger partial charge in [-0.1, -0.05) is 24.3 Å². The molecule has 0 spiro atoms. The van der Waals surface area contributed by atoms with Crippen molar-refractivity contribution in [2.45, 2.75) is 6.92 Å². The number of fused-ring (bicyclic) bond motifs is 1. The van der Waals surface area contributed by atoms with Crippen LogP contribution < -0.4 is 5.32 Å². The molecule has 3 rings (SSSR count). The minimum atomic E-state index is -0.257. The molecule has 1 N–H and O–H groups in total. The van der Waals surface area contributed by atoms with E-state index < -0.39 is 0 Å². The maximum Gasteiger partial charge on any atom is 0.274 e. The first-order valence-corrected chi connectivity index (χ1v) is 7.23. The standard InChI is InChI=1S/C16H12BrN3O/c1-10-8-9-11-4-2-5-12(15(11)18-10)20-16(21)13-6-3-7-14(17)19-13/h2-9H,1H3,(H,20,21). The minimum absolute atomic E-state index is 0.257. The maximum absolute atomic E-state index is 12.3. The second-order valence-corrected chi connectivity index (χ2v) is 5.44. The molecule has 0 aliphatic rings. The van der Waals surface area contributed by atoms with E-state index in [4.69, 9.17) is 0 Å². The summed E-state index contributed by atoms with van der Waals surface area (Å²) >= 11 is 3.26. The number of pyridine rings is 2. The van der Waals surface area contributed by atoms with Crippen LogP contribution in [0.4, 0.5) is 5.69 Å². The minimum Gasteiger partial charge on any atom is -0.319 e. The fourth-order valence-corrected chi connectivity index (χ4v) is 2.41. The van der Waals surface area contributed by atoms with Crippen molar-refractivity contribution in [1.82, 2.24) is 9.97 Å². The Bertz CT molecular complexity index is 833. The lowest BCUT2D eigenvalue weighted by Crippen LogP contribution is -2.14. The Morgan fingerprint density at radius 2 is 1.86 bits per heavy atom. The van der Waals surface area contributed by atoms with Crippen LogP contribution in [0.25, 0.3) is 10.9 Å². The molecule has 104 valence electrons. The highest BCUT2D eigenvalue weighted by Gasteiger charge is 2.10. The number of nitrogens with one attached hydrogen (secondary N) is 1. The largest absolute Gasteiger partial charge is 0.319 e. The molecule has 0 saturated heterocycles. The molecule has 0 radical (unpaired) electrons. The van der Waals surface area contributed by atoms with Crippen molar-refractivity contribution in [2.75, 3.05) is 5.32 Å². The van der Waals surface area contributed by atoms with Gasteiger partial charge in [-0.15, -0.1) is 0 Å². The van der Waals surface area contributed by atoms with E-state index in [0.29, 0.717) is 16.0 Å². The van der Waals surface area contributed by atoms with Gasteiger partial charge in [-0.05, 0) is 47.1 Å². The highest BCUT2D eigenvalue weighted by molar-refractivity contribution is 9.10. The predicted molar refractivity (Wildman–Crippen MR) is 86.4 cm³/mol. The highest BCUT2D eigenvalue weighted by atomic mass is 79.9. The Morgan fingerprint density at radius 3 is 2.67 bits per heavy atom. The van der Waals surface area contributed by atoms with Gasteiger partial charge in [-0.3, -0.25) is 9.78 Å². The lowest BCUT2D eigenvalue weighted by atomic mass is 10.1. The first kappa shape index (κ1) is 13.7. The van der Waals surface area contributed by atoms with Gasteiger partial charge in [0.2, 0.25) is 0 Å². The van der Waals surface area contributed by atoms with Crippen LogP contribution in [0.2, 0.25) is 0 Å². The zero-order chi connectivity index (χ0) is 14.8. The Balaban J connectivity index is 1.98. The molecule has 0 saturated carbocycles. The number of carbonyl (C=O) groups is 1. The van der Waals surface area contributed by atoms with Crippen molar-refractivity contribution in [3.8, 4) is 0 Å². The van der Waals surface area contributed by atoms with Crippen molar-refractivity contribution >= 4 is 38.4 Å². The topological polar surface area (TPSA) is 54.9 Å². The molecule has 1 amide bonds. The first-order chi connectivity index (χ1) is 10.1. The van der Waals surface area contributed by atoms with E-state index in [-0.39, 0.29) is 5.91 Å². The van der Waals surface area contributed by atoms with Crippen LogP contribution in [-0.2, 0) is 0 Å². The van der Waals surface area contributed by atoms with Gasteiger partial charge in [0.05, 0.1) is 11.2 Å². The zero-order valence-corrected chi connectivity index (χ0v) is 12.9. The summed E-state index contributed by atoms with van der Waals surface area (Å²) in [6.45, 7) is 1.92. The molecule has 2 aromatic heterocycles. The van der Waals surface area contributed by atoms with E-state index in [2.05, 4.69) is 31.2 Å². The number of benzene rings is 1. The van der Waals surface area contributed by atoms with E-state index >= 15 is 0 Å². The average molecular weight is 342 g/mol. The highest BCUT2D eigenvalue weighted by Crippen LogP contribution is 2.22. The third-order valence-electron chi connectivity index (χ3n) is 3.06. The number of aromatic nitrogens is 2. The Kier molecular flexibility index (Phi) is 3.66. The van der Waals surface area contributed by atoms with Crippen LogP contribution in [0.5, 0.6) is 0 Å². The van der Waals surface area contributed by atoms with Crippen LogP contribution in [0.15, 0.2) is 53.1 Å². The molecule has 0 bridgehead atoms. The Labute approximate surface area is 130 Å². The number of hydrogen-bond acceptors (Lipinski definition) is 3. The number of hydrogen-bond donors (Lipinski definition) is 1. The number of nitrogens with zero attached hydrogens (tertiary/aromatic N) is 2. The molecule has 5 heteroatoms. The van der Waals surface area contributed by atoms with Crippen molar-refractivity contribution in [1.29, 1.82) is 0 Å². The average Bonchev–Trinajstić information content (AvgIpc) is 2.48. The summed E-state index contributed by atoms with van der Waals surface area (Å²) in [6.07, 6.45) is 0. The number of para-hydroxylation sites is 1. The third-order valence-corrected chi connectivity index (χ3v) is 3.50. The Hall–Kier alpha value is -2.27. The second kappa shape index (κ2) is 5.61. The summed E-state index contributed by atoms with van der Waals surface area (Å²) < 4.78 is 0.627. The number of carbonyl (C=O) groups excluding carboxylic acids is 1. The van der Waals surface area contributed by atoms with E-state index in [9.17, 15) is 4.79 Å². The number of anilines is 1. The zero-order valence-electron chi connectivity index (χ0n) is 11.3. The van der Waals surface area contributed by atoms with Gasteiger partial charge in [0.25, 0.3) is 5.91 Å². The summed E-state index contributed by atoms with van der Waals surface area (Å²) in [5.41, 5.74) is 2.72. The molecule has 21 heavy (non-hydrogen) atoms. The fourth-order valence-electron chi connectivity index (χ4n) is 2.07. The van der Waals surface area contributed by atoms with E-state index in [1.54, 1.807) is 18.2 Å².